The molecule has 0 saturated carbocycles. The van der Waals surface area contributed by atoms with Gasteiger partial charge in [-0.25, -0.2) is 9.98 Å². The molecule has 11 aromatic rings. The van der Waals surface area contributed by atoms with E-state index in [1.165, 1.54) is 49.4 Å². The lowest BCUT2D eigenvalue weighted by Crippen LogP contribution is -2.37. The monoisotopic (exact) mass is 1040 g/mol. The molecule has 0 radical (unpaired) electrons. The SMILES string of the molecule is CC1C=C(n2c3ccccc3c3c4c(ccc32)OC2(C)C=C(c3ccc(-c5ccc6c(c5)oc5ccc7c(c8ccccc8n7-c7ccccc7)c56)cc3C3=NC(C5=CC=CCC5C)=NC(c5ccccc5)N3C)C=CC42)C=CC1. The van der Waals surface area contributed by atoms with Crippen molar-refractivity contribution in [1.82, 2.24) is 14.0 Å². The summed E-state index contributed by atoms with van der Waals surface area (Å²) in [6.07, 6.45) is 22.4. The zero-order valence-corrected chi connectivity index (χ0v) is 45.1. The molecular formula is C73H57N5O2. The van der Waals surface area contributed by atoms with Crippen molar-refractivity contribution in [2.75, 3.05) is 7.05 Å². The summed E-state index contributed by atoms with van der Waals surface area (Å²) in [6, 6.07) is 61.3. The van der Waals surface area contributed by atoms with Crippen molar-refractivity contribution >= 4 is 88.5 Å². The van der Waals surface area contributed by atoms with Gasteiger partial charge in [-0.15, -0.1) is 0 Å². The van der Waals surface area contributed by atoms with Crippen molar-refractivity contribution in [2.24, 2.45) is 21.8 Å². The first-order chi connectivity index (χ1) is 39.3. The number of nitrogens with zero attached hydrogens (tertiary/aromatic N) is 5. The predicted octanol–water partition coefficient (Wildman–Crippen LogP) is 18.1. The molecule has 0 spiro atoms. The van der Waals surface area contributed by atoms with Crippen LogP contribution >= 0.6 is 0 Å². The topological polar surface area (TPSA) is 60.2 Å². The number of rotatable bonds is 7. The van der Waals surface area contributed by atoms with Crippen LogP contribution in [0.4, 0.5) is 0 Å². The first-order valence-electron chi connectivity index (χ1n) is 28.2. The molecular weight excluding hydrogens is 979 g/mol. The van der Waals surface area contributed by atoms with Crippen LogP contribution in [-0.2, 0) is 0 Å². The summed E-state index contributed by atoms with van der Waals surface area (Å²) in [6.45, 7) is 6.84. The fourth-order valence-corrected chi connectivity index (χ4v) is 13.8. The minimum absolute atomic E-state index is 0.0166. The number of hydrogen-bond donors (Lipinski definition) is 0. The number of ether oxygens (including phenoxy) is 1. The van der Waals surface area contributed by atoms with E-state index in [0.29, 0.717) is 5.92 Å². The quantitative estimate of drug-likeness (QED) is 0.160. The zero-order chi connectivity index (χ0) is 53.4. The van der Waals surface area contributed by atoms with Gasteiger partial charge in [0.15, 0.2) is 5.84 Å². The Labute approximate surface area is 464 Å². The van der Waals surface area contributed by atoms with E-state index < -0.39 is 5.60 Å². The summed E-state index contributed by atoms with van der Waals surface area (Å²) in [5.74, 6) is 3.28. The minimum atomic E-state index is -0.669. The molecule has 3 aliphatic carbocycles. The first-order valence-corrected chi connectivity index (χ1v) is 28.2. The molecule has 3 aromatic heterocycles. The van der Waals surface area contributed by atoms with Crippen LogP contribution in [0.15, 0.2) is 245 Å². The number of fused-ring (bicyclic) bond motifs is 14. The van der Waals surface area contributed by atoms with Gasteiger partial charge in [0.2, 0.25) is 0 Å². The number of allylic oxidation sites excluding steroid dienone is 9. The molecule has 7 nitrogen and oxygen atoms in total. The van der Waals surface area contributed by atoms with Gasteiger partial charge < -0.3 is 23.2 Å². The van der Waals surface area contributed by atoms with E-state index in [9.17, 15) is 0 Å². The van der Waals surface area contributed by atoms with Crippen LogP contribution in [-0.4, -0.2) is 38.4 Å². The Morgan fingerprint density at radius 2 is 1.34 bits per heavy atom. The van der Waals surface area contributed by atoms with E-state index in [1.807, 2.05) is 0 Å². The maximum absolute atomic E-state index is 7.25. The van der Waals surface area contributed by atoms with Crippen molar-refractivity contribution in [2.45, 2.75) is 51.3 Å². The van der Waals surface area contributed by atoms with Gasteiger partial charge in [-0.2, -0.15) is 0 Å². The van der Waals surface area contributed by atoms with Crippen LogP contribution in [0.2, 0.25) is 0 Å². The summed E-state index contributed by atoms with van der Waals surface area (Å²) in [7, 11) is 2.14. The van der Waals surface area contributed by atoms with Crippen LogP contribution in [0.3, 0.4) is 0 Å². The summed E-state index contributed by atoms with van der Waals surface area (Å²) in [5.41, 5.74) is 16.9. The van der Waals surface area contributed by atoms with Crippen molar-refractivity contribution in [1.29, 1.82) is 0 Å². The molecule has 7 heteroatoms. The van der Waals surface area contributed by atoms with E-state index in [0.717, 1.165) is 102 Å². The van der Waals surface area contributed by atoms with Gasteiger partial charge in [0.05, 0.1) is 22.1 Å². The van der Waals surface area contributed by atoms with Gasteiger partial charge >= 0.3 is 0 Å². The molecule has 0 fully saturated rings. The van der Waals surface area contributed by atoms with Gasteiger partial charge in [-0.05, 0) is 144 Å². The third-order valence-electron chi connectivity index (χ3n) is 17.7. The summed E-state index contributed by atoms with van der Waals surface area (Å²) < 4.78 is 19.0. The third kappa shape index (κ3) is 7.05. The van der Waals surface area contributed by atoms with Gasteiger partial charge in [0, 0.05) is 67.8 Å². The van der Waals surface area contributed by atoms with Crippen LogP contribution < -0.4 is 4.74 Å². The number of benzene rings is 8. The standard InChI is InChI=1S/C73H57N5O2/c1-44-18-17-24-51(40-44)78-60-29-16-14-27-55(60)67-62(78)37-39-64-69(67)58-35-32-49(43-73(58,3)80-64)53-33-30-47(41-57(53)72-75-70(52-25-12-11-19-45(52)2)74-71(76(72)4)46-20-7-5-8-21-46)48-31-34-56-65(42-48)79-63-38-36-61-66(68(56)63)54-26-13-15-28-59(54)77(61)50-22-9-6-10-23-50/h5-17,20-45,58,71H,18-19H2,1-4H3. The van der Waals surface area contributed by atoms with Crippen LogP contribution in [0.1, 0.15) is 68.0 Å². The molecule has 5 heterocycles. The normalized spacial score (nSPS) is 21.5. The average Bonchev–Trinajstić information content (AvgIpc) is 4.43. The molecule has 2 aliphatic heterocycles. The molecule has 0 bridgehead atoms. The second-order valence-corrected chi connectivity index (χ2v) is 22.7. The van der Waals surface area contributed by atoms with E-state index in [2.05, 4.69) is 266 Å². The van der Waals surface area contributed by atoms with Crippen molar-refractivity contribution < 1.29 is 9.15 Å². The maximum Gasteiger partial charge on any atom is 0.155 e. The predicted molar refractivity (Wildman–Crippen MR) is 331 cm³/mol. The lowest BCUT2D eigenvalue weighted by molar-refractivity contribution is 0.156. The van der Waals surface area contributed by atoms with Gasteiger partial charge in [-0.1, -0.05) is 160 Å². The molecule has 5 atom stereocenters. The molecule has 5 aliphatic rings. The van der Waals surface area contributed by atoms with E-state index in [4.69, 9.17) is 19.1 Å². The number of aromatic nitrogens is 2. The third-order valence-corrected chi connectivity index (χ3v) is 17.7. The van der Waals surface area contributed by atoms with E-state index in [1.54, 1.807) is 0 Å². The number of furan rings is 1. The second-order valence-electron chi connectivity index (χ2n) is 22.7. The fourth-order valence-electron chi connectivity index (χ4n) is 13.8. The lowest BCUT2D eigenvalue weighted by Gasteiger charge is -2.35. The summed E-state index contributed by atoms with van der Waals surface area (Å²) in [5, 5.41) is 7.11. The number of aliphatic imine (C=N–C) groups is 2. The average molecular weight is 1040 g/mol. The maximum atomic E-state index is 7.25. The molecule has 80 heavy (non-hydrogen) atoms. The molecule has 16 rings (SSSR count). The molecule has 386 valence electrons. The highest BCUT2D eigenvalue weighted by Crippen LogP contribution is 2.55. The van der Waals surface area contributed by atoms with Crippen LogP contribution in [0.25, 0.3) is 93.6 Å². The van der Waals surface area contributed by atoms with Crippen LogP contribution in [0, 0.1) is 11.8 Å². The highest BCUT2D eigenvalue weighted by molar-refractivity contribution is 6.27. The second kappa shape index (κ2) is 17.8. The highest BCUT2D eigenvalue weighted by Gasteiger charge is 2.46. The number of amidine groups is 2. The summed E-state index contributed by atoms with van der Waals surface area (Å²) >= 11 is 0. The van der Waals surface area contributed by atoms with Gasteiger partial charge in [0.1, 0.15) is 34.5 Å². The summed E-state index contributed by atoms with van der Waals surface area (Å²) in [4.78, 5) is 13.3. The van der Waals surface area contributed by atoms with E-state index in [-0.39, 0.29) is 18.0 Å². The highest BCUT2D eigenvalue weighted by atomic mass is 16.5. The lowest BCUT2D eigenvalue weighted by atomic mass is 9.77. The molecule has 0 N–H and O–H groups in total. The zero-order valence-electron chi connectivity index (χ0n) is 45.1. The molecule has 5 unspecified atom stereocenters. The number of hydrogen-bond acceptors (Lipinski definition) is 5. The fraction of sp³-hybridized carbons (Fsp3) is 0.151. The molecule has 0 amide bonds. The Hall–Kier alpha value is -9.46. The van der Waals surface area contributed by atoms with Gasteiger partial charge in [-0.3, -0.25) is 0 Å². The Kier molecular flexibility index (Phi) is 10.4. The Bertz CT molecular complexity index is 4710. The van der Waals surface area contributed by atoms with Crippen molar-refractivity contribution in [3.05, 3.63) is 252 Å². The van der Waals surface area contributed by atoms with Crippen molar-refractivity contribution in [3.63, 3.8) is 0 Å². The molecule has 8 aromatic carbocycles. The Morgan fingerprint density at radius 3 is 2.15 bits per heavy atom. The van der Waals surface area contributed by atoms with Crippen molar-refractivity contribution in [3.8, 4) is 22.6 Å². The largest absolute Gasteiger partial charge is 0.482 e. The Morgan fingerprint density at radius 1 is 0.613 bits per heavy atom. The first kappa shape index (κ1) is 46.6. The number of para-hydroxylation sites is 3. The minimum Gasteiger partial charge on any atom is -0.482 e. The van der Waals surface area contributed by atoms with E-state index >= 15 is 0 Å². The Balaban J connectivity index is 0.861. The van der Waals surface area contributed by atoms with Gasteiger partial charge in [0.25, 0.3) is 0 Å². The smallest absolute Gasteiger partial charge is 0.155 e. The van der Waals surface area contributed by atoms with Crippen LogP contribution in [0.5, 0.6) is 5.75 Å². The molecule has 0 saturated heterocycles.